The van der Waals surface area contributed by atoms with Crippen LogP contribution in [0.3, 0.4) is 0 Å². The first-order valence-corrected chi connectivity index (χ1v) is 16.4. The summed E-state index contributed by atoms with van der Waals surface area (Å²) in [6.45, 7) is 14.4. The topological polar surface area (TPSA) is 167 Å². The van der Waals surface area contributed by atoms with Crippen LogP contribution in [0.25, 0.3) is 0 Å². The highest BCUT2D eigenvalue weighted by molar-refractivity contribution is 7.98. The van der Waals surface area contributed by atoms with Crippen molar-refractivity contribution in [3.8, 4) is 0 Å². The Morgan fingerprint density at radius 2 is 1.64 bits per heavy atom. The number of thioether (sulfide) groups is 1. The Morgan fingerprint density at radius 1 is 0.952 bits per heavy atom. The van der Waals surface area contributed by atoms with Crippen LogP contribution in [0.1, 0.15) is 67.7 Å². The van der Waals surface area contributed by atoms with Gasteiger partial charge in [-0.05, 0) is 43.3 Å². The van der Waals surface area contributed by atoms with Crippen molar-refractivity contribution in [2.45, 2.75) is 98.2 Å². The predicted molar refractivity (Wildman–Crippen MR) is 162 cm³/mol. The van der Waals surface area contributed by atoms with Gasteiger partial charge in [0.25, 0.3) is 5.91 Å². The molecule has 13 heteroatoms. The first kappa shape index (κ1) is 35.8. The van der Waals surface area contributed by atoms with Crippen molar-refractivity contribution >= 4 is 41.1 Å². The molecule has 5 N–H and O–H groups in total. The standard InChI is InChI=1S/C29H51N5O7S/c1-15(2)11-20(22(35)12-18(7)25(36)33-23(17(5)6)27(38)30-13-16(3)4)31-26(37)21(14-42-8)32-28(39)24-19-9-10-40-29(19)41-34-24/h15-23,29,35H,9-14H2,1-8H3,(H,30,38)(H,31,37)(H,32,39)(H,33,36)/t18?,19-,20-,21-,22?,23-,29+/m0/s1. The zero-order valence-electron chi connectivity index (χ0n) is 26.3. The molecule has 2 heterocycles. The highest BCUT2D eigenvalue weighted by atomic mass is 32.2. The van der Waals surface area contributed by atoms with Crippen LogP contribution >= 0.6 is 11.8 Å². The molecule has 0 radical (unpaired) electrons. The molecular weight excluding hydrogens is 562 g/mol. The molecule has 4 amide bonds. The van der Waals surface area contributed by atoms with Gasteiger partial charge in [0, 0.05) is 18.2 Å². The van der Waals surface area contributed by atoms with Crippen LogP contribution in [0.4, 0.5) is 0 Å². The van der Waals surface area contributed by atoms with E-state index in [0.29, 0.717) is 31.7 Å². The molecule has 0 aromatic rings. The van der Waals surface area contributed by atoms with E-state index < -0.39 is 48.3 Å². The summed E-state index contributed by atoms with van der Waals surface area (Å²) in [7, 11) is 0. The lowest BCUT2D eigenvalue weighted by molar-refractivity contribution is -0.132. The number of hydrogen-bond acceptors (Lipinski definition) is 9. The number of ether oxygens (including phenoxy) is 1. The molecule has 0 aromatic heterocycles. The third-order valence-corrected chi connectivity index (χ3v) is 7.99. The fourth-order valence-electron chi connectivity index (χ4n) is 4.88. The minimum Gasteiger partial charge on any atom is -0.391 e. The van der Waals surface area contributed by atoms with Crippen LogP contribution in [0, 0.1) is 29.6 Å². The number of carbonyl (C=O) groups is 4. The molecule has 2 unspecified atom stereocenters. The summed E-state index contributed by atoms with van der Waals surface area (Å²) in [6.07, 6.45) is 1.41. The Kier molecular flexibility index (Phi) is 14.5. The van der Waals surface area contributed by atoms with Crippen LogP contribution in [0.2, 0.25) is 0 Å². The fraction of sp³-hybridized carbons (Fsp3) is 0.828. The van der Waals surface area contributed by atoms with Gasteiger partial charge in [0.1, 0.15) is 12.1 Å². The molecule has 2 aliphatic heterocycles. The second-order valence-electron chi connectivity index (χ2n) is 12.5. The summed E-state index contributed by atoms with van der Waals surface area (Å²) in [5.41, 5.74) is 0.215. The Bertz CT molecular complexity index is 961. The molecule has 1 fully saturated rings. The highest BCUT2D eigenvalue weighted by Crippen LogP contribution is 2.29. The summed E-state index contributed by atoms with van der Waals surface area (Å²) in [5.74, 6) is -1.76. The smallest absolute Gasteiger partial charge is 0.270 e. The second-order valence-corrected chi connectivity index (χ2v) is 13.4. The average Bonchev–Trinajstić information content (AvgIpc) is 3.53. The molecule has 1 saturated heterocycles. The van der Waals surface area contributed by atoms with Gasteiger partial charge >= 0.3 is 0 Å². The van der Waals surface area contributed by atoms with Gasteiger partial charge < -0.3 is 35.9 Å². The molecule has 0 saturated carbocycles. The summed E-state index contributed by atoms with van der Waals surface area (Å²) in [5, 5.41) is 26.4. The fourth-order valence-corrected chi connectivity index (χ4v) is 5.45. The number of aliphatic hydroxyl groups excluding tert-OH is 1. The first-order valence-electron chi connectivity index (χ1n) is 15.0. The van der Waals surface area contributed by atoms with Crippen LogP contribution in [0.5, 0.6) is 0 Å². The Hall–Kier alpha value is -2.38. The van der Waals surface area contributed by atoms with E-state index in [2.05, 4.69) is 26.4 Å². The molecule has 42 heavy (non-hydrogen) atoms. The van der Waals surface area contributed by atoms with Crippen LogP contribution < -0.4 is 21.3 Å². The number of aliphatic hydroxyl groups is 1. The van der Waals surface area contributed by atoms with Crippen LogP contribution in [0.15, 0.2) is 5.16 Å². The Balaban J connectivity index is 2.03. The summed E-state index contributed by atoms with van der Waals surface area (Å²) in [6, 6.07) is -2.21. The van der Waals surface area contributed by atoms with Gasteiger partial charge in [-0.2, -0.15) is 11.8 Å². The van der Waals surface area contributed by atoms with Crippen molar-refractivity contribution in [2.24, 2.45) is 34.7 Å². The molecule has 0 aromatic carbocycles. The number of fused-ring (bicyclic) bond motifs is 1. The number of amides is 4. The van der Waals surface area contributed by atoms with Crippen molar-refractivity contribution in [3.05, 3.63) is 0 Å². The molecule has 2 rings (SSSR count). The van der Waals surface area contributed by atoms with Crippen molar-refractivity contribution < 1.29 is 33.9 Å². The summed E-state index contributed by atoms with van der Waals surface area (Å²) < 4.78 is 5.41. The van der Waals surface area contributed by atoms with E-state index in [1.807, 2.05) is 47.8 Å². The molecule has 2 aliphatic rings. The van der Waals surface area contributed by atoms with Gasteiger partial charge in [-0.15, -0.1) is 0 Å². The van der Waals surface area contributed by atoms with Crippen molar-refractivity contribution in [1.82, 2.24) is 21.3 Å². The minimum atomic E-state index is -1.03. The molecule has 0 bridgehead atoms. The number of oxime groups is 1. The predicted octanol–water partition coefficient (Wildman–Crippen LogP) is 1.41. The van der Waals surface area contributed by atoms with E-state index in [9.17, 15) is 24.3 Å². The quantitative estimate of drug-likeness (QED) is 0.164. The Labute approximate surface area is 254 Å². The van der Waals surface area contributed by atoms with E-state index in [4.69, 9.17) is 9.57 Å². The summed E-state index contributed by atoms with van der Waals surface area (Å²) >= 11 is 1.40. The lowest BCUT2D eigenvalue weighted by Gasteiger charge is -2.30. The van der Waals surface area contributed by atoms with Crippen molar-refractivity contribution in [1.29, 1.82) is 0 Å². The normalized spacial score (nSPS) is 21.6. The molecule has 0 spiro atoms. The molecule has 240 valence electrons. The third kappa shape index (κ3) is 10.7. The first-order chi connectivity index (χ1) is 19.7. The van der Waals surface area contributed by atoms with Crippen LogP contribution in [-0.4, -0.2) is 90.1 Å². The largest absolute Gasteiger partial charge is 0.391 e. The number of nitrogens with one attached hydrogen (secondary N) is 4. The number of hydrogen-bond donors (Lipinski definition) is 5. The Morgan fingerprint density at radius 3 is 2.24 bits per heavy atom. The molecule has 7 atom stereocenters. The second kappa shape index (κ2) is 17.0. The van der Waals surface area contributed by atoms with Crippen molar-refractivity contribution in [2.75, 3.05) is 25.2 Å². The lowest BCUT2D eigenvalue weighted by Crippen LogP contribution is -2.55. The van der Waals surface area contributed by atoms with Gasteiger partial charge in [0.15, 0.2) is 5.71 Å². The van der Waals surface area contributed by atoms with Gasteiger partial charge in [-0.25, -0.2) is 0 Å². The summed E-state index contributed by atoms with van der Waals surface area (Å²) in [4.78, 5) is 57.2. The SMILES string of the molecule is CSC[C@H](NC(=O)C1=NO[C@H]2OCC[C@@H]12)C(=O)N[C@@H](CC(C)C)C(O)CC(C)C(=O)N[C@H](C(=O)NCC(C)C)C(C)C. The maximum absolute atomic E-state index is 13.4. The van der Waals surface area contributed by atoms with Gasteiger partial charge in [-0.3, -0.25) is 19.2 Å². The van der Waals surface area contributed by atoms with E-state index in [0.717, 1.165) is 0 Å². The average molecular weight is 614 g/mol. The van der Waals surface area contributed by atoms with E-state index in [1.165, 1.54) is 11.8 Å². The number of rotatable bonds is 17. The van der Waals surface area contributed by atoms with Crippen LogP contribution in [-0.2, 0) is 28.8 Å². The molecular formula is C29H51N5O7S. The van der Waals surface area contributed by atoms with E-state index in [1.54, 1.807) is 6.92 Å². The minimum absolute atomic E-state index is 0.0820. The van der Waals surface area contributed by atoms with E-state index >= 15 is 0 Å². The highest BCUT2D eigenvalue weighted by Gasteiger charge is 2.43. The van der Waals surface area contributed by atoms with Gasteiger partial charge in [-0.1, -0.05) is 53.6 Å². The molecule has 12 nitrogen and oxygen atoms in total. The van der Waals surface area contributed by atoms with Gasteiger partial charge in [0.2, 0.25) is 24.0 Å². The lowest BCUT2D eigenvalue weighted by atomic mass is 9.91. The monoisotopic (exact) mass is 613 g/mol. The maximum Gasteiger partial charge on any atom is 0.270 e. The zero-order chi connectivity index (χ0) is 31.6. The molecule has 0 aliphatic carbocycles. The third-order valence-electron chi connectivity index (χ3n) is 7.32. The van der Waals surface area contributed by atoms with E-state index in [-0.39, 0.29) is 47.6 Å². The van der Waals surface area contributed by atoms with Crippen molar-refractivity contribution in [3.63, 3.8) is 0 Å². The van der Waals surface area contributed by atoms with Gasteiger partial charge in [0.05, 0.1) is 24.7 Å². The number of carbonyl (C=O) groups excluding carboxylic acids is 4. The zero-order valence-corrected chi connectivity index (χ0v) is 27.1. The maximum atomic E-state index is 13.4. The number of nitrogens with zero attached hydrogens (tertiary/aromatic N) is 1.